The second kappa shape index (κ2) is 2.85. The van der Waals surface area contributed by atoms with Gasteiger partial charge in [0, 0.05) is 13.0 Å². The summed E-state index contributed by atoms with van der Waals surface area (Å²) in [5.74, 6) is 0.846. The Balaban J connectivity index is 2.46. The lowest BCUT2D eigenvalue weighted by molar-refractivity contribution is -0.604. The Hall–Kier alpha value is -1.91. The fourth-order valence-electron chi connectivity index (χ4n) is 0.994. The summed E-state index contributed by atoms with van der Waals surface area (Å²) in [4.78, 5) is 0. The fraction of sp³-hybridized carbons (Fsp3) is 0.125. The van der Waals surface area contributed by atoms with Crippen molar-refractivity contribution in [2.24, 2.45) is 0 Å². The van der Waals surface area contributed by atoms with E-state index in [0.717, 1.165) is 0 Å². The highest BCUT2D eigenvalue weighted by Gasteiger charge is 2.07. The zero-order chi connectivity index (χ0) is 9.26. The summed E-state index contributed by atoms with van der Waals surface area (Å²) in [5.41, 5.74) is 0.623. The summed E-state index contributed by atoms with van der Waals surface area (Å²) in [7, 11) is 0. The van der Waals surface area contributed by atoms with Crippen molar-refractivity contribution in [3.63, 3.8) is 0 Å². The standard InChI is InChI=1S/C8H7N3O2/c1-6-9-10-8(13-6)7-3-2-4-11(12)5-7/h2-5H,1H3. The third-order valence-electron chi connectivity index (χ3n) is 1.55. The average molecular weight is 177 g/mol. The minimum atomic E-state index is 0.364. The molecule has 66 valence electrons. The molecular formula is C8H7N3O2. The summed E-state index contributed by atoms with van der Waals surface area (Å²) < 4.78 is 5.84. The molecule has 2 aromatic heterocycles. The fourth-order valence-corrected chi connectivity index (χ4v) is 0.994. The quantitative estimate of drug-likeness (QED) is 0.474. The second-order valence-corrected chi connectivity index (χ2v) is 2.58. The molecule has 13 heavy (non-hydrogen) atoms. The van der Waals surface area contributed by atoms with Gasteiger partial charge in [-0.25, -0.2) is 0 Å². The monoisotopic (exact) mass is 177 g/mol. The van der Waals surface area contributed by atoms with Crippen molar-refractivity contribution in [1.82, 2.24) is 10.2 Å². The Morgan fingerprint density at radius 3 is 2.92 bits per heavy atom. The first-order chi connectivity index (χ1) is 6.25. The van der Waals surface area contributed by atoms with Gasteiger partial charge in [-0.1, -0.05) is 0 Å². The molecule has 0 radical (unpaired) electrons. The summed E-state index contributed by atoms with van der Waals surface area (Å²) in [5, 5.41) is 18.4. The van der Waals surface area contributed by atoms with Crippen LogP contribution in [0.1, 0.15) is 5.89 Å². The Kier molecular flexibility index (Phi) is 1.70. The van der Waals surface area contributed by atoms with Crippen molar-refractivity contribution in [1.29, 1.82) is 0 Å². The van der Waals surface area contributed by atoms with Crippen LogP contribution in [0, 0.1) is 12.1 Å². The smallest absolute Gasteiger partial charge is 0.253 e. The molecule has 2 aromatic rings. The SMILES string of the molecule is Cc1nnc(-c2ccc[n+]([O-])c2)o1. The van der Waals surface area contributed by atoms with Crippen LogP contribution in [0.5, 0.6) is 0 Å². The second-order valence-electron chi connectivity index (χ2n) is 2.58. The Labute approximate surface area is 74.2 Å². The highest BCUT2D eigenvalue weighted by atomic mass is 16.5. The van der Waals surface area contributed by atoms with Gasteiger partial charge in [0.05, 0.1) is 0 Å². The predicted octanol–water partition coefficient (Wildman–Crippen LogP) is 0.678. The first kappa shape index (κ1) is 7.72. The largest absolute Gasteiger partial charge is 0.619 e. The molecule has 0 saturated heterocycles. The molecule has 5 nitrogen and oxygen atoms in total. The highest BCUT2D eigenvalue weighted by molar-refractivity contribution is 5.48. The van der Waals surface area contributed by atoms with E-state index in [0.29, 0.717) is 22.1 Å². The number of rotatable bonds is 1. The number of aryl methyl sites for hydroxylation is 1. The van der Waals surface area contributed by atoms with Gasteiger partial charge in [-0.3, -0.25) is 0 Å². The van der Waals surface area contributed by atoms with Gasteiger partial charge in [-0.15, -0.1) is 10.2 Å². The van der Waals surface area contributed by atoms with Gasteiger partial charge in [0.2, 0.25) is 5.89 Å². The van der Waals surface area contributed by atoms with Gasteiger partial charge < -0.3 is 9.62 Å². The third kappa shape index (κ3) is 1.48. The van der Waals surface area contributed by atoms with Crippen LogP contribution in [0.2, 0.25) is 0 Å². The number of hydrogen-bond donors (Lipinski definition) is 0. The molecule has 0 bridgehead atoms. The maximum Gasteiger partial charge on any atom is 0.253 e. The van der Waals surface area contributed by atoms with Crippen LogP contribution in [0.15, 0.2) is 28.9 Å². The molecule has 2 rings (SSSR count). The molecular weight excluding hydrogens is 170 g/mol. The lowest BCUT2D eigenvalue weighted by atomic mass is 10.3. The maximum absolute atomic E-state index is 10.9. The molecule has 0 aromatic carbocycles. The molecule has 0 unspecified atom stereocenters. The molecule has 0 amide bonds. The van der Waals surface area contributed by atoms with E-state index < -0.39 is 0 Å². The van der Waals surface area contributed by atoms with Crippen molar-refractivity contribution in [3.8, 4) is 11.5 Å². The third-order valence-corrected chi connectivity index (χ3v) is 1.55. The minimum Gasteiger partial charge on any atom is -0.619 e. The molecule has 0 N–H and O–H groups in total. The van der Waals surface area contributed by atoms with E-state index >= 15 is 0 Å². The van der Waals surface area contributed by atoms with Gasteiger partial charge in [-0.05, 0) is 6.07 Å². The Morgan fingerprint density at radius 2 is 2.31 bits per heavy atom. The zero-order valence-corrected chi connectivity index (χ0v) is 6.97. The zero-order valence-electron chi connectivity index (χ0n) is 6.97. The first-order valence-electron chi connectivity index (χ1n) is 3.75. The van der Waals surface area contributed by atoms with Gasteiger partial charge in [0.1, 0.15) is 5.56 Å². The normalized spacial score (nSPS) is 10.2. The molecule has 0 fully saturated rings. The molecule has 5 heteroatoms. The molecule has 0 spiro atoms. The van der Waals surface area contributed by atoms with Crippen LogP contribution in [0.25, 0.3) is 11.5 Å². The number of aromatic nitrogens is 3. The minimum absolute atomic E-state index is 0.364. The van der Waals surface area contributed by atoms with Gasteiger partial charge in [-0.2, -0.15) is 4.73 Å². The molecule has 0 aliphatic rings. The van der Waals surface area contributed by atoms with Crippen molar-refractivity contribution < 1.29 is 9.15 Å². The predicted molar refractivity (Wildman–Crippen MR) is 43.4 cm³/mol. The molecule has 0 saturated carbocycles. The molecule has 0 atom stereocenters. The average Bonchev–Trinajstić information content (AvgIpc) is 2.52. The van der Waals surface area contributed by atoms with E-state index in [1.54, 1.807) is 19.1 Å². The number of pyridine rings is 1. The molecule has 0 aliphatic heterocycles. The number of nitrogens with zero attached hydrogens (tertiary/aromatic N) is 3. The summed E-state index contributed by atoms with van der Waals surface area (Å²) in [6.45, 7) is 1.70. The van der Waals surface area contributed by atoms with Crippen molar-refractivity contribution in [2.75, 3.05) is 0 Å². The van der Waals surface area contributed by atoms with Gasteiger partial charge in [0.25, 0.3) is 5.89 Å². The highest BCUT2D eigenvalue weighted by Crippen LogP contribution is 2.14. The van der Waals surface area contributed by atoms with Crippen LogP contribution < -0.4 is 4.73 Å². The van der Waals surface area contributed by atoms with E-state index in [9.17, 15) is 5.21 Å². The van der Waals surface area contributed by atoms with Gasteiger partial charge in [0.15, 0.2) is 12.4 Å². The summed E-state index contributed by atoms with van der Waals surface area (Å²) >= 11 is 0. The van der Waals surface area contributed by atoms with Crippen LogP contribution >= 0.6 is 0 Å². The lowest BCUT2D eigenvalue weighted by Gasteiger charge is -1.95. The lowest BCUT2D eigenvalue weighted by Crippen LogP contribution is -2.23. The van der Waals surface area contributed by atoms with Crippen LogP contribution in [-0.2, 0) is 0 Å². The Morgan fingerprint density at radius 1 is 1.46 bits per heavy atom. The first-order valence-corrected chi connectivity index (χ1v) is 3.75. The van der Waals surface area contributed by atoms with Crippen molar-refractivity contribution in [2.45, 2.75) is 6.92 Å². The topological polar surface area (TPSA) is 65.9 Å². The summed E-state index contributed by atoms with van der Waals surface area (Å²) in [6.07, 6.45) is 2.78. The van der Waals surface area contributed by atoms with E-state index in [2.05, 4.69) is 10.2 Å². The molecule has 0 aliphatic carbocycles. The summed E-state index contributed by atoms with van der Waals surface area (Å²) in [6, 6.07) is 3.36. The van der Waals surface area contributed by atoms with Crippen LogP contribution in [-0.4, -0.2) is 10.2 Å². The van der Waals surface area contributed by atoms with E-state index in [1.165, 1.54) is 12.4 Å². The van der Waals surface area contributed by atoms with Gasteiger partial charge >= 0.3 is 0 Å². The van der Waals surface area contributed by atoms with Crippen molar-refractivity contribution >= 4 is 0 Å². The maximum atomic E-state index is 10.9. The number of hydrogen-bond acceptors (Lipinski definition) is 4. The van der Waals surface area contributed by atoms with E-state index in [4.69, 9.17) is 4.42 Å². The molecule has 2 heterocycles. The van der Waals surface area contributed by atoms with E-state index in [-0.39, 0.29) is 0 Å². The van der Waals surface area contributed by atoms with E-state index in [1.807, 2.05) is 0 Å². The van der Waals surface area contributed by atoms with Crippen LogP contribution in [0.4, 0.5) is 0 Å². The van der Waals surface area contributed by atoms with Crippen LogP contribution in [0.3, 0.4) is 0 Å². The van der Waals surface area contributed by atoms with Crippen molar-refractivity contribution in [3.05, 3.63) is 35.6 Å². The Bertz CT molecular complexity index is 425.